The average Bonchev–Trinajstić information content (AvgIpc) is 2.61. The fourth-order valence-corrected chi connectivity index (χ4v) is 1.88. The number of nitrogens with one attached hydrogen (secondary N) is 1. The number of H-pyrrole nitrogens is 1. The van der Waals surface area contributed by atoms with E-state index in [-0.39, 0.29) is 24.6 Å². The molecule has 0 aliphatic carbocycles. The number of esters is 1. The van der Waals surface area contributed by atoms with Gasteiger partial charge in [-0.25, -0.2) is 0 Å². The molecule has 0 fully saturated rings. The Morgan fingerprint density at radius 3 is 2.44 bits per heavy atom. The molecule has 0 aliphatic heterocycles. The molecule has 0 bridgehead atoms. The standard InChI is InChI=1S/C13H17NO4/c1-4-18-12(17)6-5-11(16)13-8(2)10(7-15)14-9(13)3/h7,14H,4-6H2,1-3H3. The smallest absolute Gasteiger partial charge is 0.306 e. The Morgan fingerprint density at radius 1 is 1.28 bits per heavy atom. The molecule has 0 aromatic carbocycles. The molecule has 0 atom stereocenters. The highest BCUT2D eigenvalue weighted by molar-refractivity contribution is 6.01. The van der Waals surface area contributed by atoms with E-state index in [9.17, 15) is 14.4 Å². The summed E-state index contributed by atoms with van der Waals surface area (Å²) in [6, 6.07) is 0. The molecule has 5 nitrogen and oxygen atoms in total. The first-order chi connectivity index (χ1) is 8.51. The van der Waals surface area contributed by atoms with Crippen LogP contribution in [0, 0.1) is 13.8 Å². The Labute approximate surface area is 106 Å². The average molecular weight is 251 g/mol. The fourth-order valence-electron chi connectivity index (χ4n) is 1.88. The third kappa shape index (κ3) is 3.06. The van der Waals surface area contributed by atoms with E-state index >= 15 is 0 Å². The molecule has 98 valence electrons. The quantitative estimate of drug-likeness (QED) is 0.476. The van der Waals surface area contributed by atoms with Crippen molar-refractivity contribution < 1.29 is 19.1 Å². The van der Waals surface area contributed by atoms with Gasteiger partial charge in [-0.1, -0.05) is 0 Å². The van der Waals surface area contributed by atoms with Gasteiger partial charge in [0.15, 0.2) is 12.1 Å². The van der Waals surface area contributed by atoms with Crippen LogP contribution in [-0.4, -0.2) is 29.6 Å². The van der Waals surface area contributed by atoms with Crippen molar-refractivity contribution in [1.29, 1.82) is 0 Å². The van der Waals surface area contributed by atoms with Gasteiger partial charge in [0.25, 0.3) is 0 Å². The number of hydrogen-bond donors (Lipinski definition) is 1. The molecule has 1 aromatic heterocycles. The summed E-state index contributed by atoms with van der Waals surface area (Å²) in [6.45, 7) is 5.48. The number of Topliss-reactive ketones (excluding diaryl/α,β-unsaturated/α-hetero) is 1. The van der Waals surface area contributed by atoms with E-state index in [1.54, 1.807) is 20.8 Å². The lowest BCUT2D eigenvalue weighted by molar-refractivity contribution is -0.143. The second kappa shape index (κ2) is 6.14. The van der Waals surface area contributed by atoms with Gasteiger partial charge >= 0.3 is 5.97 Å². The lowest BCUT2D eigenvalue weighted by atomic mass is 10.0. The van der Waals surface area contributed by atoms with Gasteiger partial charge in [-0.05, 0) is 26.3 Å². The van der Waals surface area contributed by atoms with E-state index in [4.69, 9.17) is 4.74 Å². The van der Waals surface area contributed by atoms with E-state index in [0.717, 1.165) is 0 Å². The highest BCUT2D eigenvalue weighted by Crippen LogP contribution is 2.19. The second-order valence-corrected chi connectivity index (χ2v) is 4.01. The summed E-state index contributed by atoms with van der Waals surface area (Å²) in [6.07, 6.45) is 0.842. The Hall–Kier alpha value is -1.91. The number of ether oxygens (including phenoxy) is 1. The van der Waals surface area contributed by atoms with Crippen molar-refractivity contribution in [2.75, 3.05) is 6.61 Å². The van der Waals surface area contributed by atoms with Gasteiger partial charge in [0, 0.05) is 17.7 Å². The molecule has 0 radical (unpaired) electrons. The van der Waals surface area contributed by atoms with Crippen LogP contribution >= 0.6 is 0 Å². The van der Waals surface area contributed by atoms with Crippen molar-refractivity contribution in [3.05, 3.63) is 22.5 Å². The number of carbonyl (C=O) groups is 3. The summed E-state index contributed by atoms with van der Waals surface area (Å²) in [4.78, 5) is 36.8. The number of rotatable bonds is 6. The lowest BCUT2D eigenvalue weighted by Gasteiger charge is -2.02. The molecule has 1 aromatic rings. The Kier molecular flexibility index (Phi) is 4.83. The maximum atomic E-state index is 12.0. The van der Waals surface area contributed by atoms with Gasteiger partial charge in [0.2, 0.25) is 0 Å². The number of hydrogen-bond acceptors (Lipinski definition) is 4. The zero-order valence-electron chi connectivity index (χ0n) is 10.8. The fraction of sp³-hybridized carbons (Fsp3) is 0.462. The largest absolute Gasteiger partial charge is 0.466 e. The highest BCUT2D eigenvalue weighted by Gasteiger charge is 2.18. The molecular weight excluding hydrogens is 234 g/mol. The molecule has 5 heteroatoms. The third-order valence-corrected chi connectivity index (χ3v) is 2.73. The summed E-state index contributed by atoms with van der Waals surface area (Å²) < 4.78 is 4.76. The lowest BCUT2D eigenvalue weighted by Crippen LogP contribution is -2.09. The Bertz CT molecular complexity index is 474. The van der Waals surface area contributed by atoms with Crippen LogP contribution in [0.3, 0.4) is 0 Å². The van der Waals surface area contributed by atoms with Crippen molar-refractivity contribution in [1.82, 2.24) is 4.98 Å². The monoisotopic (exact) mass is 251 g/mol. The molecule has 0 unspecified atom stereocenters. The van der Waals surface area contributed by atoms with Crippen LogP contribution in [0.4, 0.5) is 0 Å². The van der Waals surface area contributed by atoms with E-state index < -0.39 is 0 Å². The second-order valence-electron chi connectivity index (χ2n) is 4.01. The number of ketones is 1. The summed E-state index contributed by atoms with van der Waals surface area (Å²) in [7, 11) is 0. The van der Waals surface area contributed by atoms with Crippen LogP contribution in [0.15, 0.2) is 0 Å². The summed E-state index contributed by atoms with van der Waals surface area (Å²) in [5, 5.41) is 0. The minimum Gasteiger partial charge on any atom is -0.466 e. The first kappa shape index (κ1) is 14.2. The molecular formula is C13H17NO4. The van der Waals surface area contributed by atoms with Gasteiger partial charge in [-0.3, -0.25) is 14.4 Å². The summed E-state index contributed by atoms with van der Waals surface area (Å²) in [5.74, 6) is -0.533. The highest BCUT2D eigenvalue weighted by atomic mass is 16.5. The van der Waals surface area contributed by atoms with E-state index in [2.05, 4.69) is 4.98 Å². The van der Waals surface area contributed by atoms with Crippen LogP contribution in [-0.2, 0) is 9.53 Å². The van der Waals surface area contributed by atoms with Gasteiger partial charge in [-0.15, -0.1) is 0 Å². The Morgan fingerprint density at radius 2 is 1.94 bits per heavy atom. The molecule has 1 N–H and O–H groups in total. The molecule has 1 rings (SSSR count). The van der Waals surface area contributed by atoms with E-state index in [1.807, 2.05) is 0 Å². The van der Waals surface area contributed by atoms with Crippen LogP contribution in [0.25, 0.3) is 0 Å². The first-order valence-corrected chi connectivity index (χ1v) is 5.84. The maximum absolute atomic E-state index is 12.0. The minimum atomic E-state index is -0.382. The van der Waals surface area contributed by atoms with Crippen molar-refractivity contribution in [3.8, 4) is 0 Å². The molecule has 0 spiro atoms. The van der Waals surface area contributed by atoms with Gasteiger partial charge < -0.3 is 9.72 Å². The van der Waals surface area contributed by atoms with Crippen LogP contribution in [0.5, 0.6) is 0 Å². The molecule has 0 saturated heterocycles. The Balaban J connectivity index is 2.76. The molecule has 1 heterocycles. The molecule has 0 amide bonds. The van der Waals surface area contributed by atoms with Crippen molar-refractivity contribution >= 4 is 18.0 Å². The summed E-state index contributed by atoms with van der Waals surface area (Å²) in [5.41, 5.74) is 2.20. The van der Waals surface area contributed by atoms with Crippen molar-refractivity contribution in [3.63, 3.8) is 0 Å². The number of aromatic amines is 1. The topological polar surface area (TPSA) is 76.2 Å². The van der Waals surface area contributed by atoms with E-state index in [0.29, 0.717) is 35.4 Å². The number of aryl methyl sites for hydroxylation is 1. The zero-order valence-corrected chi connectivity index (χ0v) is 10.8. The maximum Gasteiger partial charge on any atom is 0.306 e. The van der Waals surface area contributed by atoms with Gasteiger partial charge in [0.1, 0.15) is 0 Å². The number of carbonyl (C=O) groups excluding carboxylic acids is 3. The summed E-state index contributed by atoms with van der Waals surface area (Å²) >= 11 is 0. The van der Waals surface area contributed by atoms with Gasteiger partial charge in [-0.2, -0.15) is 0 Å². The molecule has 18 heavy (non-hydrogen) atoms. The van der Waals surface area contributed by atoms with Crippen LogP contribution < -0.4 is 0 Å². The minimum absolute atomic E-state index is 0.0627. The molecule has 0 saturated carbocycles. The SMILES string of the molecule is CCOC(=O)CCC(=O)c1c(C)[nH]c(C=O)c1C. The van der Waals surface area contributed by atoms with Crippen molar-refractivity contribution in [2.45, 2.75) is 33.6 Å². The zero-order chi connectivity index (χ0) is 13.7. The number of aromatic nitrogens is 1. The molecule has 0 aliphatic rings. The normalized spacial score (nSPS) is 10.2. The van der Waals surface area contributed by atoms with E-state index in [1.165, 1.54) is 0 Å². The predicted octanol–water partition coefficient (Wildman–Crippen LogP) is 1.97. The van der Waals surface area contributed by atoms with Crippen LogP contribution in [0.2, 0.25) is 0 Å². The third-order valence-electron chi connectivity index (χ3n) is 2.73. The predicted molar refractivity (Wildman–Crippen MR) is 65.9 cm³/mol. The van der Waals surface area contributed by atoms with Gasteiger partial charge in [0.05, 0.1) is 18.7 Å². The number of aldehydes is 1. The first-order valence-electron chi connectivity index (χ1n) is 5.84. The van der Waals surface area contributed by atoms with Crippen molar-refractivity contribution in [2.24, 2.45) is 0 Å². The van der Waals surface area contributed by atoms with Crippen LogP contribution in [0.1, 0.15) is 51.9 Å².